The van der Waals surface area contributed by atoms with Gasteiger partial charge in [-0.3, -0.25) is 9.59 Å². The number of aliphatic hydroxyl groups excluding tert-OH is 1. The number of likely N-dealkylation sites (tertiary alicyclic amines) is 1. The maximum absolute atomic E-state index is 13.3. The summed E-state index contributed by atoms with van der Waals surface area (Å²) in [4.78, 5) is 38.2. The van der Waals surface area contributed by atoms with Gasteiger partial charge in [0, 0.05) is 57.4 Å². The maximum atomic E-state index is 13.3. The van der Waals surface area contributed by atoms with Crippen LogP contribution in [0.3, 0.4) is 0 Å². The summed E-state index contributed by atoms with van der Waals surface area (Å²) < 4.78 is 13.2. The summed E-state index contributed by atoms with van der Waals surface area (Å²) in [6.45, 7) is 3.25. The molecule has 2 aliphatic rings. The van der Waals surface area contributed by atoms with Crippen molar-refractivity contribution in [2.75, 3.05) is 51.7 Å². The van der Waals surface area contributed by atoms with Crippen molar-refractivity contribution in [1.29, 1.82) is 0 Å². The van der Waals surface area contributed by atoms with Gasteiger partial charge in [0.15, 0.2) is 0 Å². The second kappa shape index (κ2) is 9.84. The molecule has 2 unspecified atom stereocenters. The van der Waals surface area contributed by atoms with E-state index in [1.54, 1.807) is 4.90 Å². The molecule has 0 radical (unpaired) electrons. The van der Waals surface area contributed by atoms with Crippen LogP contribution >= 0.6 is 0 Å². The highest BCUT2D eigenvalue weighted by Gasteiger charge is 2.41. The standard InChI is InChI=1S/C24H30FN5O3/c1-27(2)15-17-3-8-22(26-14-17)28-9-11-29(12-10-28)24(33)21-13-20(31)16-30(21)23(32)18-4-6-19(25)7-5-18/h3-8,14,20-21,31H,9-13,15-16H2,1-2H3. The number of piperazine rings is 1. The number of rotatable bonds is 5. The van der Waals surface area contributed by atoms with Crippen LogP contribution in [-0.4, -0.2) is 95.6 Å². The number of hydrogen-bond acceptors (Lipinski definition) is 6. The first-order valence-electron chi connectivity index (χ1n) is 11.2. The summed E-state index contributed by atoms with van der Waals surface area (Å²) in [5.74, 6) is -0.0733. The normalized spacial score (nSPS) is 21.1. The minimum atomic E-state index is -0.755. The van der Waals surface area contributed by atoms with Gasteiger partial charge >= 0.3 is 0 Å². The van der Waals surface area contributed by atoms with Crippen molar-refractivity contribution in [3.8, 4) is 0 Å². The highest BCUT2D eigenvalue weighted by molar-refractivity contribution is 5.98. The predicted octanol–water partition coefficient (Wildman–Crippen LogP) is 1.21. The van der Waals surface area contributed by atoms with E-state index < -0.39 is 18.0 Å². The molecule has 0 saturated carbocycles. The number of amides is 2. The number of carbonyl (C=O) groups is 2. The van der Waals surface area contributed by atoms with Crippen molar-refractivity contribution in [2.45, 2.75) is 25.1 Å². The summed E-state index contributed by atoms with van der Waals surface area (Å²) in [6.07, 6.45) is 1.33. The van der Waals surface area contributed by atoms with Gasteiger partial charge in [0.05, 0.1) is 6.10 Å². The largest absolute Gasteiger partial charge is 0.391 e. The Morgan fingerprint density at radius 3 is 2.39 bits per heavy atom. The Labute approximate surface area is 193 Å². The topological polar surface area (TPSA) is 80.2 Å². The highest BCUT2D eigenvalue weighted by atomic mass is 19.1. The molecule has 1 aromatic heterocycles. The van der Waals surface area contributed by atoms with Crippen LogP contribution in [0.25, 0.3) is 0 Å². The van der Waals surface area contributed by atoms with Crippen molar-refractivity contribution in [3.63, 3.8) is 0 Å². The van der Waals surface area contributed by atoms with Gasteiger partial charge < -0.3 is 24.7 Å². The first-order valence-corrected chi connectivity index (χ1v) is 11.2. The fraction of sp³-hybridized carbons (Fsp3) is 0.458. The average molecular weight is 456 g/mol. The number of halogens is 1. The van der Waals surface area contributed by atoms with Gasteiger partial charge in [-0.05, 0) is 50.0 Å². The van der Waals surface area contributed by atoms with E-state index in [-0.39, 0.29) is 24.8 Å². The van der Waals surface area contributed by atoms with Crippen LogP contribution in [0.2, 0.25) is 0 Å². The number of benzene rings is 1. The summed E-state index contributed by atoms with van der Waals surface area (Å²) in [7, 11) is 4.03. The van der Waals surface area contributed by atoms with Gasteiger partial charge in [-0.2, -0.15) is 0 Å². The zero-order valence-electron chi connectivity index (χ0n) is 19.0. The van der Waals surface area contributed by atoms with E-state index in [9.17, 15) is 19.1 Å². The highest BCUT2D eigenvalue weighted by Crippen LogP contribution is 2.24. The Morgan fingerprint density at radius 1 is 1.09 bits per heavy atom. The van der Waals surface area contributed by atoms with Gasteiger partial charge in [0.25, 0.3) is 5.91 Å². The number of hydrogen-bond donors (Lipinski definition) is 1. The van der Waals surface area contributed by atoms with Gasteiger partial charge in [0.1, 0.15) is 17.7 Å². The fourth-order valence-electron chi connectivity index (χ4n) is 4.46. The van der Waals surface area contributed by atoms with Crippen LogP contribution in [0, 0.1) is 5.82 Å². The van der Waals surface area contributed by atoms with Crippen LogP contribution in [0.15, 0.2) is 42.6 Å². The number of carbonyl (C=O) groups excluding carboxylic acids is 2. The second-order valence-corrected chi connectivity index (χ2v) is 8.94. The molecule has 0 spiro atoms. The van der Waals surface area contributed by atoms with Crippen LogP contribution in [-0.2, 0) is 11.3 Å². The van der Waals surface area contributed by atoms with Gasteiger partial charge in [-0.1, -0.05) is 6.07 Å². The third-order valence-electron chi connectivity index (χ3n) is 6.14. The van der Waals surface area contributed by atoms with Gasteiger partial charge in [0.2, 0.25) is 5.91 Å². The summed E-state index contributed by atoms with van der Waals surface area (Å²) in [5, 5.41) is 10.2. The van der Waals surface area contributed by atoms with Crippen LogP contribution in [0.1, 0.15) is 22.3 Å². The summed E-state index contributed by atoms with van der Waals surface area (Å²) in [6, 6.07) is 8.60. The van der Waals surface area contributed by atoms with Crippen LogP contribution in [0.5, 0.6) is 0 Å². The van der Waals surface area contributed by atoms with E-state index in [0.29, 0.717) is 31.7 Å². The van der Waals surface area contributed by atoms with Crippen molar-refractivity contribution in [2.24, 2.45) is 0 Å². The van der Waals surface area contributed by atoms with Crippen molar-refractivity contribution >= 4 is 17.6 Å². The molecular weight excluding hydrogens is 425 g/mol. The lowest BCUT2D eigenvalue weighted by atomic mass is 10.1. The van der Waals surface area contributed by atoms with Gasteiger partial charge in [-0.25, -0.2) is 9.37 Å². The van der Waals surface area contributed by atoms with Crippen molar-refractivity contribution < 1.29 is 19.1 Å². The molecule has 2 aliphatic heterocycles. The maximum Gasteiger partial charge on any atom is 0.254 e. The number of β-amino-alcohol motifs (C(OH)–C–C–N with tert-alkyl or cyclic N) is 1. The number of anilines is 1. The average Bonchev–Trinajstić information content (AvgIpc) is 3.20. The molecular formula is C24H30FN5O3. The Hall–Kier alpha value is -3.04. The van der Waals surface area contributed by atoms with Crippen molar-refractivity contribution in [1.82, 2.24) is 19.7 Å². The molecule has 0 aliphatic carbocycles. The van der Waals surface area contributed by atoms with E-state index >= 15 is 0 Å². The molecule has 8 nitrogen and oxygen atoms in total. The van der Waals surface area contributed by atoms with Crippen LogP contribution < -0.4 is 4.90 Å². The number of aromatic nitrogens is 1. The lowest BCUT2D eigenvalue weighted by molar-refractivity contribution is -0.135. The number of aliphatic hydroxyl groups is 1. The number of nitrogens with zero attached hydrogens (tertiary/aromatic N) is 5. The first kappa shape index (κ1) is 23.1. The molecule has 2 amide bonds. The van der Waals surface area contributed by atoms with E-state index in [1.807, 2.05) is 26.4 Å². The van der Waals surface area contributed by atoms with Gasteiger partial charge in [-0.15, -0.1) is 0 Å². The molecule has 9 heteroatoms. The molecule has 176 valence electrons. The molecule has 2 saturated heterocycles. The Kier molecular flexibility index (Phi) is 6.90. The predicted molar refractivity (Wildman–Crippen MR) is 122 cm³/mol. The smallest absolute Gasteiger partial charge is 0.254 e. The van der Waals surface area contributed by atoms with E-state index in [0.717, 1.165) is 17.9 Å². The molecule has 0 bridgehead atoms. The quantitative estimate of drug-likeness (QED) is 0.730. The minimum absolute atomic E-state index is 0.0931. The molecule has 33 heavy (non-hydrogen) atoms. The lowest BCUT2D eigenvalue weighted by Crippen LogP contribution is -2.54. The Bertz CT molecular complexity index is 975. The molecule has 2 atom stereocenters. The summed E-state index contributed by atoms with van der Waals surface area (Å²) in [5.41, 5.74) is 1.44. The van der Waals surface area contributed by atoms with Crippen LogP contribution in [0.4, 0.5) is 10.2 Å². The van der Waals surface area contributed by atoms with E-state index in [2.05, 4.69) is 20.9 Å². The second-order valence-electron chi connectivity index (χ2n) is 8.94. The zero-order chi connectivity index (χ0) is 23.5. The van der Waals surface area contributed by atoms with E-state index in [1.165, 1.54) is 29.2 Å². The monoisotopic (exact) mass is 455 g/mol. The third kappa shape index (κ3) is 5.31. The van der Waals surface area contributed by atoms with E-state index in [4.69, 9.17) is 0 Å². The fourth-order valence-corrected chi connectivity index (χ4v) is 4.46. The Balaban J connectivity index is 1.38. The minimum Gasteiger partial charge on any atom is -0.391 e. The molecule has 2 fully saturated rings. The molecule has 1 aromatic carbocycles. The Morgan fingerprint density at radius 2 is 1.79 bits per heavy atom. The molecule has 4 rings (SSSR count). The summed E-state index contributed by atoms with van der Waals surface area (Å²) >= 11 is 0. The molecule has 1 N–H and O–H groups in total. The SMILES string of the molecule is CN(C)Cc1ccc(N2CCN(C(=O)C3CC(O)CN3C(=O)c3ccc(F)cc3)CC2)nc1. The third-order valence-corrected chi connectivity index (χ3v) is 6.14. The lowest BCUT2D eigenvalue weighted by Gasteiger charge is -2.37. The zero-order valence-corrected chi connectivity index (χ0v) is 19.0. The molecule has 2 aromatic rings. The first-order chi connectivity index (χ1) is 15.8. The molecule has 3 heterocycles. The number of pyridine rings is 1. The van der Waals surface area contributed by atoms with Crippen molar-refractivity contribution in [3.05, 3.63) is 59.5 Å².